The van der Waals surface area contributed by atoms with Gasteiger partial charge < -0.3 is 20.1 Å². The molecule has 2 N–H and O–H groups in total. The van der Waals surface area contributed by atoms with Crippen LogP contribution in [0.1, 0.15) is 31.9 Å². The Balaban J connectivity index is 2.61. The van der Waals surface area contributed by atoms with E-state index in [4.69, 9.17) is 9.47 Å². The van der Waals surface area contributed by atoms with Crippen LogP contribution in [0.5, 0.6) is 11.5 Å². The Kier molecular flexibility index (Phi) is 6.87. The number of carbonyl (C=O) groups is 1. The largest absolute Gasteiger partial charge is 0.497 e. The summed E-state index contributed by atoms with van der Waals surface area (Å²) in [5.41, 5.74) is 1.02. The van der Waals surface area contributed by atoms with E-state index < -0.39 is 0 Å². The minimum absolute atomic E-state index is 0.0600. The van der Waals surface area contributed by atoms with Gasteiger partial charge in [0.05, 0.1) is 14.2 Å². The zero-order chi connectivity index (χ0) is 15.0. The van der Waals surface area contributed by atoms with Crippen molar-refractivity contribution >= 4 is 5.91 Å². The molecular weight excluding hydrogens is 256 g/mol. The highest BCUT2D eigenvalue weighted by atomic mass is 16.5. The van der Waals surface area contributed by atoms with Crippen molar-refractivity contribution in [2.45, 2.75) is 26.3 Å². The van der Waals surface area contributed by atoms with E-state index in [1.807, 2.05) is 32.0 Å². The van der Waals surface area contributed by atoms with E-state index in [1.54, 1.807) is 14.2 Å². The number of hydrogen-bond donors (Lipinski definition) is 2. The molecule has 20 heavy (non-hydrogen) atoms. The molecule has 5 heteroatoms. The molecule has 0 bridgehead atoms. The van der Waals surface area contributed by atoms with Crippen LogP contribution in [0.4, 0.5) is 0 Å². The molecule has 0 radical (unpaired) electrons. The van der Waals surface area contributed by atoms with Crippen molar-refractivity contribution in [2.75, 3.05) is 27.3 Å². The van der Waals surface area contributed by atoms with E-state index >= 15 is 0 Å². The van der Waals surface area contributed by atoms with Crippen LogP contribution < -0.4 is 20.1 Å². The number of nitrogens with one attached hydrogen (secondary N) is 2. The number of methoxy groups -OCH3 is 2. The van der Waals surface area contributed by atoms with Crippen molar-refractivity contribution in [1.29, 1.82) is 0 Å². The molecule has 0 aromatic heterocycles. The average molecular weight is 280 g/mol. The van der Waals surface area contributed by atoms with Gasteiger partial charge in [-0.15, -0.1) is 0 Å². The number of amides is 1. The van der Waals surface area contributed by atoms with E-state index in [1.165, 1.54) is 0 Å². The molecule has 112 valence electrons. The quantitative estimate of drug-likeness (QED) is 0.763. The fraction of sp³-hybridized carbons (Fsp3) is 0.533. The van der Waals surface area contributed by atoms with Crippen molar-refractivity contribution in [1.82, 2.24) is 10.6 Å². The van der Waals surface area contributed by atoms with Crippen molar-refractivity contribution < 1.29 is 14.3 Å². The van der Waals surface area contributed by atoms with Crippen LogP contribution in [-0.2, 0) is 4.79 Å². The molecule has 0 spiro atoms. The minimum Gasteiger partial charge on any atom is -0.497 e. The Morgan fingerprint density at radius 3 is 2.65 bits per heavy atom. The van der Waals surface area contributed by atoms with Gasteiger partial charge >= 0.3 is 0 Å². The summed E-state index contributed by atoms with van der Waals surface area (Å²) in [5, 5.41) is 6.09. The van der Waals surface area contributed by atoms with Crippen LogP contribution in [0.3, 0.4) is 0 Å². The molecule has 1 unspecified atom stereocenters. The summed E-state index contributed by atoms with van der Waals surface area (Å²) in [5.74, 6) is 1.66. The van der Waals surface area contributed by atoms with Crippen LogP contribution in [-0.4, -0.2) is 33.2 Å². The third kappa shape index (κ3) is 4.74. The van der Waals surface area contributed by atoms with Gasteiger partial charge in [0.25, 0.3) is 0 Å². The molecule has 0 aliphatic heterocycles. The first kappa shape index (κ1) is 16.3. The normalized spacial score (nSPS) is 11.8. The zero-order valence-electron chi connectivity index (χ0n) is 12.7. The van der Waals surface area contributed by atoms with Crippen LogP contribution in [0.25, 0.3) is 0 Å². The first-order valence-electron chi connectivity index (χ1n) is 6.84. The van der Waals surface area contributed by atoms with Crippen LogP contribution in [0.15, 0.2) is 18.2 Å². The van der Waals surface area contributed by atoms with Crippen molar-refractivity contribution in [2.24, 2.45) is 0 Å². The summed E-state index contributed by atoms with van der Waals surface area (Å²) in [4.78, 5) is 11.4. The molecule has 1 aromatic rings. The standard InChI is InChI=1S/C15H24N2O3/c1-5-16-15(18)8-9-17-11(2)13-10-12(19-3)6-7-14(13)20-4/h6-7,10-11,17H,5,8-9H2,1-4H3,(H,16,18). The fourth-order valence-corrected chi connectivity index (χ4v) is 1.98. The lowest BCUT2D eigenvalue weighted by Gasteiger charge is -2.18. The predicted molar refractivity (Wildman–Crippen MR) is 79.3 cm³/mol. The van der Waals surface area contributed by atoms with Gasteiger partial charge in [0.2, 0.25) is 5.91 Å². The summed E-state index contributed by atoms with van der Waals surface area (Å²) < 4.78 is 10.6. The molecule has 0 heterocycles. The number of ether oxygens (including phenoxy) is 2. The van der Waals surface area contributed by atoms with Gasteiger partial charge in [0, 0.05) is 31.1 Å². The smallest absolute Gasteiger partial charge is 0.221 e. The number of rotatable bonds is 8. The predicted octanol–water partition coefficient (Wildman–Crippen LogP) is 1.88. The Morgan fingerprint density at radius 2 is 2.05 bits per heavy atom. The lowest BCUT2D eigenvalue weighted by atomic mass is 10.1. The van der Waals surface area contributed by atoms with Gasteiger partial charge in [-0.05, 0) is 32.0 Å². The summed E-state index contributed by atoms with van der Waals surface area (Å²) in [7, 11) is 3.28. The Hall–Kier alpha value is -1.75. The molecule has 0 aliphatic rings. The van der Waals surface area contributed by atoms with E-state index in [9.17, 15) is 4.79 Å². The zero-order valence-corrected chi connectivity index (χ0v) is 12.7. The first-order valence-corrected chi connectivity index (χ1v) is 6.84. The molecule has 1 atom stereocenters. The molecule has 5 nitrogen and oxygen atoms in total. The molecule has 0 saturated heterocycles. The summed E-state index contributed by atoms with van der Waals surface area (Å²) in [6.45, 7) is 5.23. The summed E-state index contributed by atoms with van der Waals surface area (Å²) in [6, 6.07) is 5.78. The second-order valence-corrected chi connectivity index (χ2v) is 4.49. The van der Waals surface area contributed by atoms with Gasteiger partial charge in [-0.25, -0.2) is 0 Å². The third-order valence-corrected chi connectivity index (χ3v) is 3.08. The van der Waals surface area contributed by atoms with Gasteiger partial charge in [-0.1, -0.05) is 0 Å². The van der Waals surface area contributed by atoms with E-state index in [0.717, 1.165) is 17.1 Å². The minimum atomic E-state index is 0.0600. The highest BCUT2D eigenvalue weighted by Gasteiger charge is 2.12. The summed E-state index contributed by atoms with van der Waals surface area (Å²) >= 11 is 0. The van der Waals surface area contributed by atoms with Gasteiger partial charge in [-0.2, -0.15) is 0 Å². The van der Waals surface area contributed by atoms with Crippen LogP contribution >= 0.6 is 0 Å². The molecule has 0 aliphatic carbocycles. The maximum atomic E-state index is 11.4. The van der Waals surface area contributed by atoms with E-state index in [2.05, 4.69) is 10.6 Å². The van der Waals surface area contributed by atoms with Gasteiger partial charge in [0.15, 0.2) is 0 Å². The third-order valence-electron chi connectivity index (χ3n) is 3.08. The number of benzene rings is 1. The van der Waals surface area contributed by atoms with Gasteiger partial charge in [0.1, 0.15) is 11.5 Å². The molecule has 1 amide bonds. The fourth-order valence-electron chi connectivity index (χ4n) is 1.98. The highest BCUT2D eigenvalue weighted by Crippen LogP contribution is 2.29. The molecular formula is C15H24N2O3. The highest BCUT2D eigenvalue weighted by molar-refractivity contribution is 5.75. The number of hydrogen-bond acceptors (Lipinski definition) is 4. The maximum absolute atomic E-state index is 11.4. The van der Waals surface area contributed by atoms with Crippen LogP contribution in [0, 0.1) is 0 Å². The molecule has 1 rings (SSSR count). The monoisotopic (exact) mass is 280 g/mol. The van der Waals surface area contributed by atoms with Crippen molar-refractivity contribution in [3.63, 3.8) is 0 Å². The lowest BCUT2D eigenvalue weighted by Crippen LogP contribution is -2.28. The Labute approximate surface area is 120 Å². The van der Waals surface area contributed by atoms with E-state index in [-0.39, 0.29) is 11.9 Å². The first-order chi connectivity index (χ1) is 9.62. The topological polar surface area (TPSA) is 59.6 Å². The van der Waals surface area contributed by atoms with E-state index in [0.29, 0.717) is 19.5 Å². The van der Waals surface area contributed by atoms with Crippen LogP contribution in [0.2, 0.25) is 0 Å². The molecule has 0 fully saturated rings. The second kappa shape index (κ2) is 8.43. The number of carbonyl (C=O) groups excluding carboxylic acids is 1. The average Bonchev–Trinajstić information content (AvgIpc) is 2.46. The van der Waals surface area contributed by atoms with Crippen molar-refractivity contribution in [3.8, 4) is 11.5 Å². The SMILES string of the molecule is CCNC(=O)CCNC(C)c1cc(OC)ccc1OC. The van der Waals surface area contributed by atoms with Gasteiger partial charge in [-0.3, -0.25) is 4.79 Å². The molecule has 1 aromatic carbocycles. The molecule has 0 saturated carbocycles. The summed E-state index contributed by atoms with van der Waals surface area (Å²) in [6.07, 6.45) is 0.463. The Morgan fingerprint density at radius 1 is 1.30 bits per heavy atom. The second-order valence-electron chi connectivity index (χ2n) is 4.49. The Bertz CT molecular complexity index is 435. The maximum Gasteiger partial charge on any atom is 0.221 e. The van der Waals surface area contributed by atoms with Crippen molar-refractivity contribution in [3.05, 3.63) is 23.8 Å². The lowest BCUT2D eigenvalue weighted by molar-refractivity contribution is -0.120.